The van der Waals surface area contributed by atoms with Crippen molar-refractivity contribution in [2.75, 3.05) is 12.3 Å². The fourth-order valence-corrected chi connectivity index (χ4v) is 5.00. The molecule has 0 unspecified atom stereocenters. The molecular formula is C16H19BrN2O3S. The van der Waals surface area contributed by atoms with E-state index in [4.69, 9.17) is 5.26 Å². The molecule has 23 heavy (non-hydrogen) atoms. The van der Waals surface area contributed by atoms with Crippen LogP contribution in [-0.2, 0) is 14.6 Å². The lowest BCUT2D eigenvalue weighted by Gasteiger charge is -2.30. The zero-order valence-corrected chi connectivity index (χ0v) is 15.1. The van der Waals surface area contributed by atoms with Crippen LogP contribution in [0.5, 0.6) is 0 Å². The van der Waals surface area contributed by atoms with Crippen LogP contribution in [0.1, 0.15) is 25.7 Å². The van der Waals surface area contributed by atoms with Gasteiger partial charge in [-0.25, -0.2) is 8.42 Å². The lowest BCUT2D eigenvalue weighted by Crippen LogP contribution is -2.39. The molecule has 7 heteroatoms. The zero-order chi connectivity index (χ0) is 16.9. The van der Waals surface area contributed by atoms with E-state index in [9.17, 15) is 13.2 Å². The van der Waals surface area contributed by atoms with Gasteiger partial charge >= 0.3 is 0 Å². The van der Waals surface area contributed by atoms with Gasteiger partial charge in [-0.2, -0.15) is 5.26 Å². The summed E-state index contributed by atoms with van der Waals surface area (Å²) >= 11 is 3.29. The number of sulfone groups is 1. The first-order chi connectivity index (χ1) is 10.9. The quantitative estimate of drug-likeness (QED) is 0.772. The number of halogens is 1. The molecule has 0 saturated heterocycles. The fourth-order valence-electron chi connectivity index (χ4n) is 3.03. The van der Waals surface area contributed by atoms with Gasteiger partial charge in [0.1, 0.15) is 6.54 Å². The standard InChI is InChI=1S/C16H19BrN2O3S/c17-13-5-7-14(8-6-13)23(21,22)11-12-3-1-2-4-15(12)16(20)19-10-9-18/h5-8,12,15H,1-4,10-11H2,(H,19,20)/t12-,15+/m1/s1. The third-order valence-electron chi connectivity index (χ3n) is 4.19. The second-order valence-electron chi connectivity index (χ2n) is 5.76. The average Bonchev–Trinajstić information content (AvgIpc) is 2.53. The molecule has 0 radical (unpaired) electrons. The van der Waals surface area contributed by atoms with Gasteiger partial charge < -0.3 is 5.32 Å². The summed E-state index contributed by atoms with van der Waals surface area (Å²) in [5.74, 6) is -0.764. The summed E-state index contributed by atoms with van der Waals surface area (Å²) < 4.78 is 26.0. The molecule has 0 bridgehead atoms. The Morgan fingerprint density at radius 2 is 1.91 bits per heavy atom. The molecule has 1 amide bonds. The molecule has 1 saturated carbocycles. The Bertz CT molecular complexity index is 695. The summed E-state index contributed by atoms with van der Waals surface area (Å²) in [6.45, 7) is -0.0402. The maximum Gasteiger partial charge on any atom is 0.224 e. The molecule has 0 heterocycles. The first-order valence-electron chi connectivity index (χ1n) is 7.57. The molecule has 124 valence electrons. The summed E-state index contributed by atoms with van der Waals surface area (Å²) in [6, 6.07) is 8.43. The molecule has 0 aliphatic heterocycles. The van der Waals surface area contributed by atoms with Crippen LogP contribution < -0.4 is 5.32 Å². The number of hydrogen-bond acceptors (Lipinski definition) is 4. The predicted molar refractivity (Wildman–Crippen MR) is 90.3 cm³/mol. The van der Waals surface area contributed by atoms with E-state index < -0.39 is 9.84 Å². The monoisotopic (exact) mass is 398 g/mol. The zero-order valence-electron chi connectivity index (χ0n) is 12.7. The van der Waals surface area contributed by atoms with E-state index in [1.165, 1.54) is 0 Å². The number of nitrogens with zero attached hydrogens (tertiary/aromatic N) is 1. The van der Waals surface area contributed by atoms with Crippen LogP contribution in [0.25, 0.3) is 0 Å². The van der Waals surface area contributed by atoms with Gasteiger partial charge in [-0.15, -0.1) is 0 Å². The predicted octanol–water partition coefficient (Wildman–Crippen LogP) is 2.67. The van der Waals surface area contributed by atoms with Gasteiger partial charge in [-0.3, -0.25) is 4.79 Å². The Hall–Kier alpha value is -1.39. The SMILES string of the molecule is N#CCNC(=O)[C@H]1CCCC[C@@H]1CS(=O)(=O)c1ccc(Br)cc1. The van der Waals surface area contributed by atoms with E-state index >= 15 is 0 Å². The molecule has 5 nitrogen and oxygen atoms in total. The number of rotatable bonds is 5. The van der Waals surface area contributed by atoms with Crippen molar-refractivity contribution in [3.05, 3.63) is 28.7 Å². The highest BCUT2D eigenvalue weighted by Crippen LogP contribution is 2.32. The van der Waals surface area contributed by atoms with Crippen LogP contribution >= 0.6 is 15.9 Å². The molecule has 1 aliphatic carbocycles. The number of benzene rings is 1. The van der Waals surface area contributed by atoms with Crippen LogP contribution in [-0.4, -0.2) is 26.6 Å². The third-order valence-corrected chi connectivity index (χ3v) is 6.58. The van der Waals surface area contributed by atoms with Gasteiger partial charge in [0, 0.05) is 10.4 Å². The molecule has 2 rings (SSSR count). The maximum absolute atomic E-state index is 12.6. The van der Waals surface area contributed by atoms with Crippen molar-refractivity contribution < 1.29 is 13.2 Å². The molecule has 0 aromatic heterocycles. The number of carbonyl (C=O) groups is 1. The third kappa shape index (κ3) is 4.79. The molecule has 1 aromatic carbocycles. The first-order valence-corrected chi connectivity index (χ1v) is 10.0. The summed E-state index contributed by atoms with van der Waals surface area (Å²) in [5, 5.41) is 11.1. The Kier molecular flexibility index (Phi) is 6.19. The Balaban J connectivity index is 2.13. The van der Waals surface area contributed by atoms with Crippen molar-refractivity contribution in [3.63, 3.8) is 0 Å². The van der Waals surface area contributed by atoms with E-state index in [-0.39, 0.29) is 34.9 Å². The average molecular weight is 399 g/mol. The summed E-state index contributed by atoms with van der Waals surface area (Å²) in [6.07, 6.45) is 3.25. The van der Waals surface area contributed by atoms with Crippen molar-refractivity contribution in [1.29, 1.82) is 5.26 Å². The summed E-state index contributed by atoms with van der Waals surface area (Å²) in [4.78, 5) is 12.5. The number of nitrogens with one attached hydrogen (secondary N) is 1. The van der Waals surface area contributed by atoms with E-state index in [0.717, 1.165) is 23.7 Å². The van der Waals surface area contributed by atoms with Crippen LogP contribution in [0.15, 0.2) is 33.6 Å². The van der Waals surface area contributed by atoms with Crippen molar-refractivity contribution in [2.45, 2.75) is 30.6 Å². The lowest BCUT2D eigenvalue weighted by molar-refractivity contribution is -0.127. The highest BCUT2D eigenvalue weighted by atomic mass is 79.9. The molecule has 1 aliphatic rings. The summed E-state index contributed by atoms with van der Waals surface area (Å²) in [5.41, 5.74) is 0. The van der Waals surface area contributed by atoms with Crippen LogP contribution in [0.2, 0.25) is 0 Å². The number of carbonyl (C=O) groups excluding carboxylic acids is 1. The van der Waals surface area contributed by atoms with Gasteiger partial charge in [0.25, 0.3) is 0 Å². The number of nitriles is 1. The normalized spacial score (nSPS) is 21.4. The maximum atomic E-state index is 12.6. The van der Waals surface area contributed by atoms with Crippen molar-refractivity contribution in [3.8, 4) is 6.07 Å². The second kappa shape index (κ2) is 7.93. The minimum absolute atomic E-state index is 0.0285. The van der Waals surface area contributed by atoms with Crippen molar-refractivity contribution in [2.24, 2.45) is 11.8 Å². The van der Waals surface area contributed by atoms with Gasteiger partial charge in [0.05, 0.1) is 16.7 Å². The van der Waals surface area contributed by atoms with E-state index in [1.54, 1.807) is 24.3 Å². The lowest BCUT2D eigenvalue weighted by atomic mass is 9.80. The molecule has 1 aromatic rings. The van der Waals surface area contributed by atoms with E-state index in [0.29, 0.717) is 6.42 Å². The Labute approximate surface area is 145 Å². The molecule has 0 spiro atoms. The Morgan fingerprint density at radius 1 is 1.26 bits per heavy atom. The summed E-state index contributed by atoms with van der Waals surface area (Å²) in [7, 11) is -3.43. The molecule has 1 N–H and O–H groups in total. The van der Waals surface area contributed by atoms with Gasteiger partial charge in [-0.1, -0.05) is 28.8 Å². The van der Waals surface area contributed by atoms with Crippen LogP contribution in [0, 0.1) is 23.2 Å². The van der Waals surface area contributed by atoms with Gasteiger partial charge in [0.2, 0.25) is 5.91 Å². The number of amides is 1. The minimum atomic E-state index is -3.43. The molecule has 2 atom stereocenters. The first kappa shape index (κ1) is 18.0. The molecule has 1 fully saturated rings. The van der Waals surface area contributed by atoms with E-state index in [1.807, 2.05) is 6.07 Å². The molecular weight excluding hydrogens is 380 g/mol. The van der Waals surface area contributed by atoms with Crippen LogP contribution in [0.4, 0.5) is 0 Å². The van der Waals surface area contributed by atoms with Crippen LogP contribution in [0.3, 0.4) is 0 Å². The highest BCUT2D eigenvalue weighted by Gasteiger charge is 2.34. The largest absolute Gasteiger partial charge is 0.343 e. The van der Waals surface area contributed by atoms with Gasteiger partial charge in [-0.05, 0) is 43.0 Å². The minimum Gasteiger partial charge on any atom is -0.343 e. The Morgan fingerprint density at radius 3 is 2.57 bits per heavy atom. The van der Waals surface area contributed by atoms with Gasteiger partial charge in [0.15, 0.2) is 9.84 Å². The van der Waals surface area contributed by atoms with E-state index in [2.05, 4.69) is 21.2 Å². The van der Waals surface area contributed by atoms with Crippen molar-refractivity contribution >= 4 is 31.7 Å². The highest BCUT2D eigenvalue weighted by molar-refractivity contribution is 9.10. The second-order valence-corrected chi connectivity index (χ2v) is 8.71. The fraction of sp³-hybridized carbons (Fsp3) is 0.500. The van der Waals surface area contributed by atoms with Crippen molar-refractivity contribution in [1.82, 2.24) is 5.32 Å². The smallest absolute Gasteiger partial charge is 0.224 e. The topological polar surface area (TPSA) is 87.0 Å². The number of hydrogen-bond donors (Lipinski definition) is 1.